The van der Waals surface area contributed by atoms with Gasteiger partial charge >= 0.3 is 5.97 Å². The fourth-order valence-corrected chi connectivity index (χ4v) is 1.69. The highest BCUT2D eigenvalue weighted by Gasteiger charge is 2.09. The lowest BCUT2D eigenvalue weighted by molar-refractivity contribution is -0.137. The van der Waals surface area contributed by atoms with Crippen molar-refractivity contribution in [1.82, 2.24) is 4.57 Å². The van der Waals surface area contributed by atoms with Crippen LogP contribution in [0.5, 0.6) is 0 Å². The van der Waals surface area contributed by atoms with Crippen molar-refractivity contribution in [2.45, 2.75) is 6.54 Å². The van der Waals surface area contributed by atoms with E-state index in [0.717, 1.165) is 11.1 Å². The number of carbonyl (C=O) groups is 2. The number of aliphatic carboxylic acids is 1. The summed E-state index contributed by atoms with van der Waals surface area (Å²) in [4.78, 5) is 21.5. The number of aromatic nitrogens is 1. The van der Waals surface area contributed by atoms with E-state index in [1.165, 1.54) is 4.57 Å². The lowest BCUT2D eigenvalue weighted by Crippen LogP contribution is -2.09. The minimum absolute atomic E-state index is 0.207. The largest absolute Gasteiger partial charge is 0.480 e. The summed E-state index contributed by atoms with van der Waals surface area (Å²) in [5.74, 6) is -0.969. The first-order valence-electron chi connectivity index (χ1n) is 5.13. The predicted octanol–water partition coefficient (Wildman–Crippen LogP) is 2.05. The van der Waals surface area contributed by atoms with E-state index in [9.17, 15) is 9.59 Å². The van der Waals surface area contributed by atoms with Crippen LogP contribution >= 0.6 is 0 Å². The smallest absolute Gasteiger partial charge is 0.323 e. The molecule has 0 aliphatic carbocycles. The maximum Gasteiger partial charge on any atom is 0.323 e. The maximum absolute atomic E-state index is 10.8. The van der Waals surface area contributed by atoms with Crippen LogP contribution in [0.2, 0.25) is 0 Å². The van der Waals surface area contributed by atoms with Crippen LogP contribution in [0.1, 0.15) is 10.5 Å². The number of rotatable bonds is 4. The molecule has 4 heteroatoms. The number of hydrogen-bond donors (Lipinski definition) is 1. The number of nitrogens with zero attached hydrogens (tertiary/aromatic N) is 1. The molecule has 1 aromatic heterocycles. The molecule has 0 radical (unpaired) electrons. The van der Waals surface area contributed by atoms with Crippen molar-refractivity contribution in [3.05, 3.63) is 48.3 Å². The van der Waals surface area contributed by atoms with Gasteiger partial charge in [-0.1, -0.05) is 30.3 Å². The van der Waals surface area contributed by atoms with Crippen molar-refractivity contribution in [2.24, 2.45) is 0 Å². The van der Waals surface area contributed by atoms with Crippen LogP contribution in [0, 0.1) is 0 Å². The summed E-state index contributed by atoms with van der Waals surface area (Å²) >= 11 is 0. The Morgan fingerprint density at radius 3 is 2.53 bits per heavy atom. The number of benzene rings is 1. The summed E-state index contributed by atoms with van der Waals surface area (Å²) in [6.45, 7) is -0.207. The van der Waals surface area contributed by atoms with Crippen LogP contribution in [0.25, 0.3) is 11.1 Å². The number of aldehydes is 1. The fourth-order valence-electron chi connectivity index (χ4n) is 1.69. The summed E-state index contributed by atoms with van der Waals surface area (Å²) in [5.41, 5.74) is 2.17. The Bertz CT molecular complexity index is 543. The first-order chi connectivity index (χ1) is 8.20. The molecule has 0 amide bonds. The van der Waals surface area contributed by atoms with Crippen LogP contribution in [0.3, 0.4) is 0 Å². The Balaban J connectivity index is 2.41. The molecular formula is C13H11NO3. The summed E-state index contributed by atoms with van der Waals surface area (Å²) in [5, 5.41) is 8.73. The molecule has 4 nitrogen and oxygen atoms in total. The zero-order valence-electron chi connectivity index (χ0n) is 9.04. The van der Waals surface area contributed by atoms with Gasteiger partial charge in [0.15, 0.2) is 6.29 Å². The van der Waals surface area contributed by atoms with Crippen molar-refractivity contribution in [3.8, 4) is 11.1 Å². The van der Waals surface area contributed by atoms with Gasteiger partial charge in [0.1, 0.15) is 6.54 Å². The molecule has 86 valence electrons. The third kappa shape index (κ3) is 2.42. The fraction of sp³-hybridized carbons (Fsp3) is 0.0769. The second-order valence-corrected chi connectivity index (χ2v) is 3.66. The van der Waals surface area contributed by atoms with Gasteiger partial charge in [0.25, 0.3) is 0 Å². The van der Waals surface area contributed by atoms with Gasteiger partial charge in [-0.3, -0.25) is 9.59 Å². The van der Waals surface area contributed by atoms with Crippen molar-refractivity contribution < 1.29 is 14.7 Å². The minimum atomic E-state index is -0.969. The summed E-state index contributed by atoms with van der Waals surface area (Å²) in [7, 11) is 0. The number of carbonyl (C=O) groups excluding carboxylic acids is 1. The summed E-state index contributed by atoms with van der Waals surface area (Å²) < 4.78 is 1.43. The molecule has 1 N–H and O–H groups in total. The summed E-state index contributed by atoms with van der Waals surface area (Å²) in [6.07, 6.45) is 2.34. The molecule has 0 unspecified atom stereocenters. The van der Waals surface area contributed by atoms with Crippen LogP contribution in [0.15, 0.2) is 42.6 Å². The van der Waals surface area contributed by atoms with Gasteiger partial charge < -0.3 is 9.67 Å². The lowest BCUT2D eigenvalue weighted by Gasteiger charge is -1.99. The highest BCUT2D eigenvalue weighted by Crippen LogP contribution is 2.21. The molecule has 1 aromatic carbocycles. The first-order valence-corrected chi connectivity index (χ1v) is 5.13. The van der Waals surface area contributed by atoms with E-state index in [4.69, 9.17) is 5.11 Å². The van der Waals surface area contributed by atoms with Crippen molar-refractivity contribution >= 4 is 12.3 Å². The Morgan fingerprint density at radius 2 is 1.94 bits per heavy atom. The summed E-state index contributed by atoms with van der Waals surface area (Å²) in [6, 6.07) is 11.2. The second kappa shape index (κ2) is 4.65. The van der Waals surface area contributed by atoms with Gasteiger partial charge in [0, 0.05) is 11.8 Å². The Labute approximate surface area is 98.1 Å². The van der Waals surface area contributed by atoms with Gasteiger partial charge in [-0.05, 0) is 11.6 Å². The molecule has 1 heterocycles. The van der Waals surface area contributed by atoms with E-state index in [2.05, 4.69) is 0 Å². The van der Waals surface area contributed by atoms with Crippen molar-refractivity contribution in [1.29, 1.82) is 0 Å². The van der Waals surface area contributed by atoms with E-state index >= 15 is 0 Å². The average Bonchev–Trinajstić information content (AvgIpc) is 2.72. The molecule has 2 rings (SSSR count). The SMILES string of the molecule is O=Cc1cc(-c2ccccc2)cn1CC(=O)O. The molecule has 0 saturated carbocycles. The van der Waals surface area contributed by atoms with E-state index in [-0.39, 0.29) is 6.54 Å². The van der Waals surface area contributed by atoms with Gasteiger partial charge in [-0.25, -0.2) is 0 Å². The van der Waals surface area contributed by atoms with E-state index in [1.807, 2.05) is 30.3 Å². The molecular weight excluding hydrogens is 218 g/mol. The molecule has 0 aliphatic rings. The zero-order valence-corrected chi connectivity index (χ0v) is 9.04. The quantitative estimate of drug-likeness (QED) is 0.816. The molecule has 0 aliphatic heterocycles. The zero-order chi connectivity index (χ0) is 12.3. The van der Waals surface area contributed by atoms with Gasteiger partial charge in [-0.15, -0.1) is 0 Å². The Kier molecular flexibility index (Phi) is 3.05. The third-order valence-corrected chi connectivity index (χ3v) is 2.46. The normalized spacial score (nSPS) is 10.1. The monoisotopic (exact) mass is 229 g/mol. The standard InChI is InChI=1S/C13H11NO3/c15-9-12-6-11(7-14(12)8-13(16)17)10-4-2-1-3-5-10/h1-7,9H,8H2,(H,16,17). The molecule has 0 bridgehead atoms. The molecule has 2 aromatic rings. The number of hydrogen-bond acceptors (Lipinski definition) is 2. The van der Waals surface area contributed by atoms with E-state index in [1.54, 1.807) is 12.3 Å². The van der Waals surface area contributed by atoms with Crippen LogP contribution in [-0.4, -0.2) is 21.9 Å². The third-order valence-electron chi connectivity index (χ3n) is 2.46. The molecule has 0 fully saturated rings. The van der Waals surface area contributed by atoms with E-state index in [0.29, 0.717) is 12.0 Å². The molecule has 0 saturated heterocycles. The van der Waals surface area contributed by atoms with Crippen LogP contribution < -0.4 is 0 Å². The maximum atomic E-state index is 10.8. The highest BCUT2D eigenvalue weighted by atomic mass is 16.4. The molecule has 0 atom stereocenters. The van der Waals surface area contributed by atoms with Gasteiger partial charge in [-0.2, -0.15) is 0 Å². The topological polar surface area (TPSA) is 59.3 Å². The predicted molar refractivity (Wildman–Crippen MR) is 62.9 cm³/mol. The van der Waals surface area contributed by atoms with Crippen molar-refractivity contribution in [2.75, 3.05) is 0 Å². The van der Waals surface area contributed by atoms with Gasteiger partial charge in [0.05, 0.1) is 5.69 Å². The van der Waals surface area contributed by atoms with E-state index < -0.39 is 5.97 Å². The molecule has 17 heavy (non-hydrogen) atoms. The van der Waals surface area contributed by atoms with Crippen LogP contribution in [-0.2, 0) is 11.3 Å². The number of carboxylic acid groups (broad SMARTS) is 1. The first kappa shape index (κ1) is 11.1. The van der Waals surface area contributed by atoms with Crippen LogP contribution in [0.4, 0.5) is 0 Å². The van der Waals surface area contributed by atoms with Gasteiger partial charge in [0.2, 0.25) is 0 Å². The lowest BCUT2D eigenvalue weighted by atomic mass is 10.1. The minimum Gasteiger partial charge on any atom is -0.480 e. The van der Waals surface area contributed by atoms with Crippen molar-refractivity contribution in [3.63, 3.8) is 0 Å². The molecule has 0 spiro atoms. The Hall–Kier alpha value is -2.36. The average molecular weight is 229 g/mol. The Morgan fingerprint density at radius 1 is 1.24 bits per heavy atom. The second-order valence-electron chi connectivity index (χ2n) is 3.66. The highest BCUT2D eigenvalue weighted by molar-refractivity contribution is 5.79. The number of carboxylic acids is 1.